The summed E-state index contributed by atoms with van der Waals surface area (Å²) in [7, 11) is 0. The van der Waals surface area contributed by atoms with Gasteiger partial charge in [-0.05, 0) is 56.4 Å². The molecule has 1 aromatic heterocycles. The minimum Gasteiger partial charge on any atom is -0.325 e. The molecule has 1 atom stereocenters. The predicted molar refractivity (Wildman–Crippen MR) is 89.3 cm³/mol. The van der Waals surface area contributed by atoms with E-state index in [4.69, 9.17) is 10.8 Å². The van der Waals surface area contributed by atoms with E-state index in [0.717, 1.165) is 37.3 Å². The molecule has 0 radical (unpaired) electrons. The molecule has 21 heavy (non-hydrogen) atoms. The lowest BCUT2D eigenvalue weighted by Crippen LogP contribution is -2.46. The molecule has 1 heterocycles. The first kappa shape index (κ1) is 16.5. The summed E-state index contributed by atoms with van der Waals surface area (Å²) in [5, 5.41) is 4.72. The molecule has 0 saturated heterocycles. The Bertz CT molecular complexity index is 447. The van der Waals surface area contributed by atoms with Crippen molar-refractivity contribution in [2.75, 3.05) is 0 Å². The van der Waals surface area contributed by atoms with Crippen LogP contribution in [0, 0.1) is 11.3 Å². The summed E-state index contributed by atoms with van der Waals surface area (Å²) >= 11 is 0. The lowest BCUT2D eigenvalue weighted by molar-refractivity contribution is 0.133. The van der Waals surface area contributed by atoms with Crippen LogP contribution in [0.2, 0.25) is 0 Å². The zero-order valence-corrected chi connectivity index (χ0v) is 14.5. The molecule has 120 valence electrons. The number of hydrogen-bond acceptors (Lipinski definition) is 2. The van der Waals surface area contributed by atoms with Crippen molar-refractivity contribution in [1.29, 1.82) is 0 Å². The van der Waals surface area contributed by atoms with Crippen LogP contribution in [-0.4, -0.2) is 15.3 Å². The Balaban J connectivity index is 1.95. The first-order valence-electron chi connectivity index (χ1n) is 8.56. The maximum absolute atomic E-state index is 6.67. The van der Waals surface area contributed by atoms with Gasteiger partial charge in [-0.2, -0.15) is 5.10 Å². The van der Waals surface area contributed by atoms with Crippen LogP contribution in [0.4, 0.5) is 0 Å². The third-order valence-corrected chi connectivity index (χ3v) is 5.45. The first-order chi connectivity index (χ1) is 9.73. The van der Waals surface area contributed by atoms with Gasteiger partial charge < -0.3 is 5.73 Å². The van der Waals surface area contributed by atoms with Gasteiger partial charge in [0.25, 0.3) is 0 Å². The van der Waals surface area contributed by atoms with Gasteiger partial charge in [0.15, 0.2) is 0 Å². The molecule has 1 unspecified atom stereocenters. The van der Waals surface area contributed by atoms with Crippen molar-refractivity contribution in [1.82, 2.24) is 9.78 Å². The molecule has 1 aliphatic rings. The Morgan fingerprint density at radius 3 is 2.52 bits per heavy atom. The van der Waals surface area contributed by atoms with E-state index in [-0.39, 0.29) is 5.54 Å². The standard InChI is InChI=1S/C18H33N3/c1-6-14(2)21-12-9-16(20-21)13-18(19)10-7-15(8-11-18)17(3,4)5/h9,12,14-15H,6-8,10-11,13,19H2,1-5H3. The number of nitrogens with zero attached hydrogens (tertiary/aromatic N) is 2. The number of nitrogens with two attached hydrogens (primary N) is 1. The number of rotatable bonds is 4. The van der Waals surface area contributed by atoms with Crippen LogP contribution in [0.5, 0.6) is 0 Å². The van der Waals surface area contributed by atoms with Gasteiger partial charge in [0.1, 0.15) is 0 Å². The molecule has 1 aliphatic carbocycles. The topological polar surface area (TPSA) is 43.8 Å². The molecule has 3 nitrogen and oxygen atoms in total. The fourth-order valence-corrected chi connectivity index (χ4v) is 3.50. The van der Waals surface area contributed by atoms with Crippen LogP contribution in [0.15, 0.2) is 12.3 Å². The molecule has 0 amide bonds. The molecular formula is C18H33N3. The maximum atomic E-state index is 6.67. The van der Waals surface area contributed by atoms with Crippen molar-refractivity contribution in [2.24, 2.45) is 17.1 Å². The molecule has 2 rings (SSSR count). The van der Waals surface area contributed by atoms with Crippen molar-refractivity contribution in [3.63, 3.8) is 0 Å². The van der Waals surface area contributed by atoms with Crippen molar-refractivity contribution in [2.45, 2.75) is 84.7 Å². The summed E-state index contributed by atoms with van der Waals surface area (Å²) in [6, 6.07) is 2.63. The van der Waals surface area contributed by atoms with Gasteiger partial charge in [-0.15, -0.1) is 0 Å². The fraction of sp³-hybridized carbons (Fsp3) is 0.833. The van der Waals surface area contributed by atoms with Crippen molar-refractivity contribution in [3.05, 3.63) is 18.0 Å². The summed E-state index contributed by atoms with van der Waals surface area (Å²) in [6.07, 6.45) is 8.91. The van der Waals surface area contributed by atoms with Crippen molar-refractivity contribution < 1.29 is 0 Å². The quantitative estimate of drug-likeness (QED) is 0.897. The highest BCUT2D eigenvalue weighted by atomic mass is 15.3. The Labute approximate surface area is 130 Å². The average molecular weight is 291 g/mol. The van der Waals surface area contributed by atoms with E-state index in [2.05, 4.69) is 51.6 Å². The second-order valence-electron chi connectivity index (χ2n) is 8.22. The molecule has 0 bridgehead atoms. The summed E-state index contributed by atoms with van der Waals surface area (Å²) in [6.45, 7) is 11.5. The summed E-state index contributed by atoms with van der Waals surface area (Å²) in [5.41, 5.74) is 8.20. The van der Waals surface area contributed by atoms with E-state index >= 15 is 0 Å². The SMILES string of the molecule is CCC(C)n1ccc(CC2(N)CCC(C(C)(C)C)CC2)n1. The van der Waals surface area contributed by atoms with Crippen LogP contribution in [0.3, 0.4) is 0 Å². The average Bonchev–Trinajstić information content (AvgIpc) is 2.85. The number of aromatic nitrogens is 2. The highest BCUT2D eigenvalue weighted by Crippen LogP contribution is 2.41. The lowest BCUT2D eigenvalue weighted by Gasteiger charge is -2.42. The summed E-state index contributed by atoms with van der Waals surface area (Å²) in [5.74, 6) is 0.812. The second-order valence-corrected chi connectivity index (χ2v) is 8.22. The van der Waals surface area contributed by atoms with Crippen LogP contribution >= 0.6 is 0 Å². The fourth-order valence-electron chi connectivity index (χ4n) is 3.50. The highest BCUT2D eigenvalue weighted by Gasteiger charge is 2.36. The Morgan fingerprint density at radius 1 is 1.38 bits per heavy atom. The highest BCUT2D eigenvalue weighted by molar-refractivity contribution is 5.07. The first-order valence-corrected chi connectivity index (χ1v) is 8.56. The van der Waals surface area contributed by atoms with Gasteiger partial charge in [0.2, 0.25) is 0 Å². The van der Waals surface area contributed by atoms with Crippen molar-refractivity contribution in [3.8, 4) is 0 Å². The van der Waals surface area contributed by atoms with Gasteiger partial charge in [-0.3, -0.25) is 4.68 Å². The van der Waals surface area contributed by atoms with Gasteiger partial charge >= 0.3 is 0 Å². The van der Waals surface area contributed by atoms with Crippen LogP contribution in [0.25, 0.3) is 0 Å². The predicted octanol–water partition coefficient (Wildman–Crippen LogP) is 4.33. The largest absolute Gasteiger partial charge is 0.325 e. The van der Waals surface area contributed by atoms with E-state index in [1.165, 1.54) is 12.8 Å². The summed E-state index contributed by atoms with van der Waals surface area (Å²) in [4.78, 5) is 0. The molecular weight excluding hydrogens is 258 g/mol. The molecule has 0 aromatic carbocycles. The maximum Gasteiger partial charge on any atom is 0.0643 e. The van der Waals surface area contributed by atoms with E-state index in [9.17, 15) is 0 Å². The van der Waals surface area contributed by atoms with Gasteiger partial charge in [0.05, 0.1) is 5.69 Å². The molecule has 1 saturated carbocycles. The minimum absolute atomic E-state index is 0.0453. The zero-order chi connectivity index (χ0) is 15.7. The minimum atomic E-state index is -0.0453. The second kappa shape index (κ2) is 6.12. The monoisotopic (exact) mass is 291 g/mol. The molecule has 2 N–H and O–H groups in total. The van der Waals surface area contributed by atoms with Gasteiger partial charge in [-0.25, -0.2) is 0 Å². The Morgan fingerprint density at radius 2 is 2.00 bits per heavy atom. The molecule has 1 fully saturated rings. The van der Waals surface area contributed by atoms with E-state index in [1.807, 2.05) is 0 Å². The van der Waals surface area contributed by atoms with Crippen molar-refractivity contribution >= 4 is 0 Å². The third kappa shape index (κ3) is 4.09. The number of hydrogen-bond donors (Lipinski definition) is 1. The van der Waals surface area contributed by atoms with Crippen LogP contribution in [-0.2, 0) is 6.42 Å². The van der Waals surface area contributed by atoms with E-state index < -0.39 is 0 Å². The molecule has 0 aliphatic heterocycles. The third-order valence-electron chi connectivity index (χ3n) is 5.45. The normalized spacial score (nSPS) is 28.6. The Hall–Kier alpha value is -0.830. The van der Waals surface area contributed by atoms with Gasteiger partial charge in [0, 0.05) is 24.2 Å². The smallest absolute Gasteiger partial charge is 0.0643 e. The Kier molecular flexibility index (Phi) is 4.82. The van der Waals surface area contributed by atoms with E-state index in [1.54, 1.807) is 0 Å². The van der Waals surface area contributed by atoms with Crippen LogP contribution in [0.1, 0.15) is 78.5 Å². The molecule has 1 aromatic rings. The van der Waals surface area contributed by atoms with Crippen LogP contribution < -0.4 is 5.73 Å². The van der Waals surface area contributed by atoms with E-state index in [0.29, 0.717) is 11.5 Å². The molecule has 0 spiro atoms. The zero-order valence-electron chi connectivity index (χ0n) is 14.5. The summed E-state index contributed by atoms with van der Waals surface area (Å²) < 4.78 is 2.08. The van der Waals surface area contributed by atoms with Gasteiger partial charge in [-0.1, -0.05) is 27.7 Å². The lowest BCUT2D eigenvalue weighted by atomic mass is 9.66. The molecule has 3 heteroatoms.